The lowest BCUT2D eigenvalue weighted by atomic mass is 10.1. The van der Waals surface area contributed by atoms with Gasteiger partial charge in [0.05, 0.1) is 22.1 Å². The van der Waals surface area contributed by atoms with Crippen LogP contribution in [-0.2, 0) is 6.54 Å². The van der Waals surface area contributed by atoms with E-state index in [1.807, 2.05) is 6.07 Å². The fourth-order valence-electron chi connectivity index (χ4n) is 2.14. The largest absolute Gasteiger partial charge is 0.451 e. The first-order valence-corrected chi connectivity index (χ1v) is 7.70. The minimum Gasteiger partial charge on any atom is -0.451 e. The Morgan fingerprint density at radius 1 is 1.14 bits per heavy atom. The van der Waals surface area contributed by atoms with E-state index in [0.717, 1.165) is 20.8 Å². The molecule has 0 aliphatic carbocycles. The van der Waals surface area contributed by atoms with Crippen LogP contribution in [0.1, 0.15) is 26.5 Å². The van der Waals surface area contributed by atoms with Crippen LogP contribution < -0.4 is 5.32 Å². The van der Waals surface area contributed by atoms with Crippen LogP contribution in [0.25, 0.3) is 0 Å². The number of benzene rings is 1. The number of fused-ring (bicyclic) bond motifs is 1. The standard InChI is InChI=1S/C14H10Br2N2O3/c1-18-13(19)9-3-2-7(4-10(9)14(18)20)17-6-8-5-11(15)12(16)21-8/h2-5,17H,6H2,1H3. The summed E-state index contributed by atoms with van der Waals surface area (Å²) < 4.78 is 6.94. The second-order valence-corrected chi connectivity index (χ2v) is 6.19. The second-order valence-electron chi connectivity index (χ2n) is 4.62. The molecule has 0 atom stereocenters. The number of rotatable bonds is 3. The molecule has 1 aliphatic heterocycles. The molecule has 0 saturated carbocycles. The summed E-state index contributed by atoms with van der Waals surface area (Å²) in [7, 11) is 1.48. The average molecular weight is 414 g/mol. The van der Waals surface area contributed by atoms with E-state index in [-0.39, 0.29) is 11.8 Å². The van der Waals surface area contributed by atoms with Crippen molar-refractivity contribution in [2.24, 2.45) is 0 Å². The molecule has 2 aromatic rings. The fourth-order valence-corrected chi connectivity index (χ4v) is 2.80. The molecular formula is C14H10Br2N2O3. The zero-order valence-corrected chi connectivity index (χ0v) is 14.1. The van der Waals surface area contributed by atoms with Gasteiger partial charge in [0.15, 0.2) is 4.67 Å². The highest BCUT2D eigenvalue weighted by molar-refractivity contribution is 9.13. The number of carbonyl (C=O) groups excluding carboxylic acids is 2. The van der Waals surface area contributed by atoms with E-state index in [2.05, 4.69) is 37.2 Å². The van der Waals surface area contributed by atoms with Gasteiger partial charge in [-0.05, 0) is 56.1 Å². The SMILES string of the molecule is CN1C(=O)c2ccc(NCc3cc(Br)c(Br)o3)cc2C1=O. The van der Waals surface area contributed by atoms with Gasteiger partial charge in [0, 0.05) is 12.7 Å². The van der Waals surface area contributed by atoms with Crippen molar-refractivity contribution < 1.29 is 14.0 Å². The van der Waals surface area contributed by atoms with E-state index in [0.29, 0.717) is 22.3 Å². The van der Waals surface area contributed by atoms with Crippen LogP contribution in [0.4, 0.5) is 5.69 Å². The molecule has 0 unspecified atom stereocenters. The first-order valence-electron chi connectivity index (χ1n) is 6.11. The quantitative estimate of drug-likeness (QED) is 0.780. The molecule has 5 nitrogen and oxygen atoms in total. The van der Waals surface area contributed by atoms with Gasteiger partial charge in [-0.2, -0.15) is 0 Å². The number of nitrogens with zero attached hydrogens (tertiary/aromatic N) is 1. The Morgan fingerprint density at radius 2 is 1.86 bits per heavy atom. The Morgan fingerprint density at radius 3 is 2.52 bits per heavy atom. The van der Waals surface area contributed by atoms with Gasteiger partial charge >= 0.3 is 0 Å². The van der Waals surface area contributed by atoms with Crippen molar-refractivity contribution in [1.29, 1.82) is 0 Å². The molecule has 1 aliphatic rings. The molecule has 1 aromatic heterocycles. The third-order valence-corrected chi connectivity index (χ3v) is 4.96. The van der Waals surface area contributed by atoms with Gasteiger partial charge in [0.1, 0.15) is 5.76 Å². The number of hydrogen-bond donors (Lipinski definition) is 1. The number of amides is 2. The summed E-state index contributed by atoms with van der Waals surface area (Å²) in [6.07, 6.45) is 0. The number of carbonyl (C=O) groups is 2. The molecule has 7 heteroatoms. The van der Waals surface area contributed by atoms with Gasteiger partial charge in [-0.25, -0.2) is 0 Å². The minimum absolute atomic E-state index is 0.263. The summed E-state index contributed by atoms with van der Waals surface area (Å²) in [5.41, 5.74) is 1.62. The summed E-state index contributed by atoms with van der Waals surface area (Å²) in [6.45, 7) is 0.473. The number of halogens is 2. The van der Waals surface area contributed by atoms with Crippen molar-refractivity contribution in [3.63, 3.8) is 0 Å². The summed E-state index contributed by atoms with van der Waals surface area (Å²) >= 11 is 6.62. The Bertz CT molecular complexity index is 735. The zero-order valence-electron chi connectivity index (χ0n) is 10.9. The van der Waals surface area contributed by atoms with Gasteiger partial charge in [-0.15, -0.1) is 0 Å². The number of hydrogen-bond acceptors (Lipinski definition) is 4. The summed E-state index contributed by atoms with van der Waals surface area (Å²) in [5, 5.41) is 3.16. The maximum absolute atomic E-state index is 11.9. The van der Waals surface area contributed by atoms with Crippen LogP contribution in [0, 0.1) is 0 Å². The normalized spacial score (nSPS) is 13.8. The van der Waals surface area contributed by atoms with Crippen molar-refractivity contribution >= 4 is 49.4 Å². The summed E-state index contributed by atoms with van der Waals surface area (Å²) in [5.74, 6) is 0.205. The monoisotopic (exact) mass is 412 g/mol. The van der Waals surface area contributed by atoms with Crippen molar-refractivity contribution in [1.82, 2.24) is 4.90 Å². The van der Waals surface area contributed by atoms with Crippen LogP contribution in [0.3, 0.4) is 0 Å². The van der Waals surface area contributed by atoms with Crippen molar-refractivity contribution in [2.75, 3.05) is 12.4 Å². The van der Waals surface area contributed by atoms with E-state index in [1.165, 1.54) is 7.05 Å². The lowest BCUT2D eigenvalue weighted by Crippen LogP contribution is -2.24. The molecule has 1 aromatic carbocycles. The molecule has 108 valence electrons. The number of imide groups is 1. The maximum Gasteiger partial charge on any atom is 0.261 e. The molecule has 0 radical (unpaired) electrons. The van der Waals surface area contributed by atoms with Crippen molar-refractivity contribution in [2.45, 2.75) is 6.54 Å². The van der Waals surface area contributed by atoms with Gasteiger partial charge in [-0.3, -0.25) is 14.5 Å². The van der Waals surface area contributed by atoms with Crippen LogP contribution in [0.2, 0.25) is 0 Å². The van der Waals surface area contributed by atoms with Crippen LogP contribution in [0.5, 0.6) is 0 Å². The molecule has 2 amide bonds. The van der Waals surface area contributed by atoms with Crippen molar-refractivity contribution in [3.05, 3.63) is 50.3 Å². The average Bonchev–Trinajstić information content (AvgIpc) is 2.90. The number of anilines is 1. The Labute approximate surface area is 137 Å². The minimum atomic E-state index is -0.276. The third-order valence-electron chi connectivity index (χ3n) is 3.25. The predicted octanol–water partition coefficient (Wildman–Crippen LogP) is 3.64. The first kappa shape index (κ1) is 14.3. The lowest BCUT2D eigenvalue weighted by molar-refractivity contribution is 0.0693. The zero-order chi connectivity index (χ0) is 15.1. The highest BCUT2D eigenvalue weighted by atomic mass is 79.9. The maximum atomic E-state index is 11.9. The molecule has 0 bridgehead atoms. The van der Waals surface area contributed by atoms with Gasteiger partial charge < -0.3 is 9.73 Å². The highest BCUT2D eigenvalue weighted by Gasteiger charge is 2.32. The summed E-state index contributed by atoms with van der Waals surface area (Å²) in [6, 6.07) is 6.98. The first-order chi connectivity index (χ1) is 9.97. The van der Waals surface area contributed by atoms with E-state index < -0.39 is 0 Å². The number of furan rings is 1. The Kier molecular flexibility index (Phi) is 3.62. The Hall–Kier alpha value is -1.60. The lowest BCUT2D eigenvalue weighted by Gasteiger charge is -2.05. The van der Waals surface area contributed by atoms with E-state index in [1.54, 1.807) is 18.2 Å². The summed E-state index contributed by atoms with van der Waals surface area (Å²) in [4.78, 5) is 24.8. The smallest absolute Gasteiger partial charge is 0.261 e. The number of nitrogens with one attached hydrogen (secondary N) is 1. The van der Waals surface area contributed by atoms with E-state index in [4.69, 9.17) is 4.42 Å². The molecular weight excluding hydrogens is 404 g/mol. The molecule has 2 heterocycles. The second kappa shape index (κ2) is 5.31. The molecule has 1 N–H and O–H groups in total. The van der Waals surface area contributed by atoms with Crippen molar-refractivity contribution in [3.8, 4) is 0 Å². The molecule has 0 fully saturated rings. The highest BCUT2D eigenvalue weighted by Crippen LogP contribution is 2.28. The van der Waals surface area contributed by atoms with E-state index >= 15 is 0 Å². The molecule has 21 heavy (non-hydrogen) atoms. The van der Waals surface area contributed by atoms with Crippen LogP contribution in [0.15, 0.2) is 37.8 Å². The van der Waals surface area contributed by atoms with Crippen LogP contribution in [-0.4, -0.2) is 23.8 Å². The van der Waals surface area contributed by atoms with Crippen LogP contribution >= 0.6 is 31.9 Å². The molecule has 0 spiro atoms. The Balaban J connectivity index is 1.79. The molecule has 3 rings (SSSR count). The van der Waals surface area contributed by atoms with Gasteiger partial charge in [0.2, 0.25) is 0 Å². The van der Waals surface area contributed by atoms with Gasteiger partial charge in [0.25, 0.3) is 11.8 Å². The van der Waals surface area contributed by atoms with Gasteiger partial charge in [-0.1, -0.05) is 0 Å². The third kappa shape index (κ3) is 2.51. The van der Waals surface area contributed by atoms with E-state index in [9.17, 15) is 9.59 Å². The fraction of sp³-hybridized carbons (Fsp3) is 0.143. The predicted molar refractivity (Wildman–Crippen MR) is 84.3 cm³/mol. The topological polar surface area (TPSA) is 62.6 Å². The molecule has 0 saturated heterocycles.